The Bertz CT molecular complexity index is 466. The minimum absolute atomic E-state index is 0.171. The summed E-state index contributed by atoms with van der Waals surface area (Å²) in [5.41, 5.74) is -0.449. The highest BCUT2D eigenvalue weighted by atomic mass is 35.5. The molecule has 0 amide bonds. The second-order valence-corrected chi connectivity index (χ2v) is 3.87. The van der Waals surface area contributed by atoms with Gasteiger partial charge in [-0.25, -0.2) is 0 Å². The lowest BCUT2D eigenvalue weighted by Gasteiger charge is -2.04. The summed E-state index contributed by atoms with van der Waals surface area (Å²) in [6.07, 6.45) is -0.442. The first kappa shape index (κ1) is 10.9. The van der Waals surface area contributed by atoms with Gasteiger partial charge in [-0.15, -0.1) is 0 Å². The Kier molecular flexibility index (Phi) is 2.58. The van der Waals surface area contributed by atoms with Crippen molar-refractivity contribution in [3.8, 4) is 6.07 Å². The maximum atomic E-state index is 9.02. The molecule has 0 radical (unpaired) electrons. The molecule has 1 aromatic carbocycles. The molecule has 0 unspecified atom stereocenters. The number of nitrogens with one attached hydrogen (secondary N) is 1. The number of benzene rings is 1. The van der Waals surface area contributed by atoms with Gasteiger partial charge in [-0.1, -0.05) is 23.7 Å². The SMILES string of the molecule is COC(=N)[C@@]1(C#N)O[C@@H]1c1ccc(Cl)cc1. The average Bonchev–Trinajstić information content (AvgIpc) is 3.05. The fourth-order valence-electron chi connectivity index (χ4n) is 1.55. The number of hydrogen-bond donors (Lipinski definition) is 1. The molecule has 1 aliphatic heterocycles. The van der Waals surface area contributed by atoms with E-state index in [1.807, 2.05) is 6.07 Å². The zero-order valence-corrected chi connectivity index (χ0v) is 9.28. The number of rotatable bonds is 2. The van der Waals surface area contributed by atoms with Crippen LogP contribution < -0.4 is 0 Å². The van der Waals surface area contributed by atoms with Crippen LogP contribution in [0.15, 0.2) is 24.3 Å². The van der Waals surface area contributed by atoms with E-state index >= 15 is 0 Å². The van der Waals surface area contributed by atoms with Crippen LogP contribution >= 0.6 is 11.6 Å². The van der Waals surface area contributed by atoms with E-state index in [1.54, 1.807) is 24.3 Å². The Labute approximate surface area is 97.9 Å². The number of halogens is 1. The minimum Gasteiger partial charge on any atom is -0.482 e. The Morgan fingerprint density at radius 1 is 1.56 bits per heavy atom. The van der Waals surface area contributed by atoms with E-state index in [1.165, 1.54) is 7.11 Å². The van der Waals surface area contributed by atoms with Crippen molar-refractivity contribution in [3.63, 3.8) is 0 Å². The normalized spacial score (nSPS) is 26.9. The lowest BCUT2D eigenvalue weighted by Crippen LogP contribution is -2.24. The van der Waals surface area contributed by atoms with Crippen molar-refractivity contribution in [1.29, 1.82) is 10.7 Å². The number of epoxide rings is 1. The van der Waals surface area contributed by atoms with E-state index in [0.717, 1.165) is 5.56 Å². The van der Waals surface area contributed by atoms with E-state index in [9.17, 15) is 0 Å². The lowest BCUT2D eigenvalue weighted by atomic mass is 10.0. The number of methoxy groups -OCH3 is 1. The second-order valence-electron chi connectivity index (χ2n) is 3.43. The van der Waals surface area contributed by atoms with Gasteiger partial charge < -0.3 is 9.47 Å². The summed E-state index contributed by atoms with van der Waals surface area (Å²) in [7, 11) is 1.35. The van der Waals surface area contributed by atoms with Gasteiger partial charge in [0.2, 0.25) is 5.90 Å². The van der Waals surface area contributed by atoms with E-state index in [0.29, 0.717) is 5.02 Å². The minimum atomic E-state index is -1.26. The first-order valence-corrected chi connectivity index (χ1v) is 4.99. The second kappa shape index (κ2) is 3.78. The first-order valence-electron chi connectivity index (χ1n) is 4.61. The smallest absolute Gasteiger partial charge is 0.260 e. The van der Waals surface area contributed by atoms with Crippen LogP contribution in [0.3, 0.4) is 0 Å². The molecule has 0 spiro atoms. The highest BCUT2D eigenvalue weighted by Crippen LogP contribution is 2.50. The molecular formula is C11H9ClN2O2. The largest absolute Gasteiger partial charge is 0.482 e. The topological polar surface area (TPSA) is 69.4 Å². The van der Waals surface area contributed by atoms with Gasteiger partial charge in [0.1, 0.15) is 12.2 Å². The summed E-state index contributed by atoms with van der Waals surface area (Å²) < 4.78 is 10.0. The van der Waals surface area contributed by atoms with Crippen molar-refractivity contribution in [2.24, 2.45) is 0 Å². The molecule has 16 heavy (non-hydrogen) atoms. The quantitative estimate of drug-likeness (QED) is 0.487. The third-order valence-electron chi connectivity index (χ3n) is 2.50. The van der Waals surface area contributed by atoms with Gasteiger partial charge in [0.05, 0.1) is 7.11 Å². The number of ether oxygens (including phenoxy) is 2. The van der Waals surface area contributed by atoms with Gasteiger partial charge >= 0.3 is 0 Å². The predicted molar refractivity (Wildman–Crippen MR) is 58.4 cm³/mol. The summed E-state index contributed by atoms with van der Waals surface area (Å²) in [4.78, 5) is 0. The molecule has 1 aliphatic rings. The first-order chi connectivity index (χ1) is 7.64. The molecule has 0 bridgehead atoms. The maximum Gasteiger partial charge on any atom is 0.260 e. The van der Waals surface area contributed by atoms with Crippen LogP contribution in [0.5, 0.6) is 0 Å². The fourth-order valence-corrected chi connectivity index (χ4v) is 1.68. The summed E-state index contributed by atoms with van der Waals surface area (Å²) in [5, 5.41) is 17.2. The molecule has 1 N–H and O–H groups in total. The zero-order valence-electron chi connectivity index (χ0n) is 8.53. The molecule has 82 valence electrons. The van der Waals surface area contributed by atoms with E-state index in [4.69, 9.17) is 31.7 Å². The van der Waals surface area contributed by atoms with E-state index in [2.05, 4.69) is 0 Å². The molecule has 4 nitrogen and oxygen atoms in total. The third kappa shape index (κ3) is 1.54. The van der Waals surface area contributed by atoms with Crippen molar-refractivity contribution >= 4 is 17.5 Å². The monoisotopic (exact) mass is 236 g/mol. The standard InChI is InChI=1S/C11H9ClN2O2/c1-15-10(14)11(6-13)9(16-11)7-2-4-8(12)5-3-7/h2-5,9,14H,1H3/t9-,11+/m1/s1. The average molecular weight is 237 g/mol. The molecule has 2 rings (SSSR count). The van der Waals surface area contributed by atoms with Gasteiger partial charge in [0.25, 0.3) is 5.60 Å². The Morgan fingerprint density at radius 3 is 2.69 bits per heavy atom. The van der Waals surface area contributed by atoms with Gasteiger partial charge in [0.15, 0.2) is 0 Å². The van der Waals surface area contributed by atoms with Gasteiger partial charge in [-0.2, -0.15) is 5.26 Å². The number of nitriles is 1. The van der Waals surface area contributed by atoms with Crippen LogP contribution in [0.1, 0.15) is 11.7 Å². The van der Waals surface area contributed by atoms with Crippen molar-refractivity contribution in [1.82, 2.24) is 0 Å². The molecule has 1 aromatic rings. The molecule has 1 fully saturated rings. The van der Waals surface area contributed by atoms with Crippen molar-refractivity contribution in [2.75, 3.05) is 7.11 Å². The summed E-state index contributed by atoms with van der Waals surface area (Å²) >= 11 is 5.76. The van der Waals surface area contributed by atoms with Crippen LogP contribution in [-0.4, -0.2) is 18.6 Å². The molecule has 0 aliphatic carbocycles. The van der Waals surface area contributed by atoms with Crippen LogP contribution in [0.25, 0.3) is 0 Å². The zero-order chi connectivity index (χ0) is 11.8. The van der Waals surface area contributed by atoms with Crippen LogP contribution in [0.4, 0.5) is 0 Å². The van der Waals surface area contributed by atoms with E-state index in [-0.39, 0.29) is 5.90 Å². The highest BCUT2D eigenvalue weighted by Gasteiger charge is 2.63. The lowest BCUT2D eigenvalue weighted by molar-refractivity contribution is 0.318. The molecule has 1 heterocycles. The Balaban J connectivity index is 2.25. The van der Waals surface area contributed by atoms with Gasteiger partial charge in [0, 0.05) is 5.02 Å². The Morgan fingerprint density at radius 2 is 2.19 bits per heavy atom. The van der Waals surface area contributed by atoms with Crippen LogP contribution in [0.2, 0.25) is 5.02 Å². The summed E-state index contributed by atoms with van der Waals surface area (Å²) in [6.45, 7) is 0. The molecule has 0 saturated carbocycles. The van der Waals surface area contributed by atoms with E-state index < -0.39 is 11.7 Å². The maximum absolute atomic E-state index is 9.02. The molecule has 0 aromatic heterocycles. The van der Waals surface area contributed by atoms with Crippen molar-refractivity contribution in [2.45, 2.75) is 11.7 Å². The molecule has 5 heteroatoms. The van der Waals surface area contributed by atoms with Gasteiger partial charge in [-0.05, 0) is 17.7 Å². The van der Waals surface area contributed by atoms with Gasteiger partial charge in [-0.3, -0.25) is 5.41 Å². The fraction of sp³-hybridized carbons (Fsp3) is 0.273. The summed E-state index contributed by atoms with van der Waals surface area (Å²) in [6, 6.07) is 8.95. The van der Waals surface area contributed by atoms with Crippen molar-refractivity contribution in [3.05, 3.63) is 34.9 Å². The number of nitrogens with zero attached hydrogens (tertiary/aromatic N) is 1. The highest BCUT2D eigenvalue weighted by molar-refractivity contribution is 6.30. The molecular weight excluding hydrogens is 228 g/mol. The molecule has 1 saturated heterocycles. The van der Waals surface area contributed by atoms with Crippen LogP contribution in [-0.2, 0) is 9.47 Å². The summed E-state index contributed by atoms with van der Waals surface area (Å²) in [5.74, 6) is -0.171. The number of hydrogen-bond acceptors (Lipinski definition) is 4. The van der Waals surface area contributed by atoms with Crippen molar-refractivity contribution < 1.29 is 9.47 Å². The van der Waals surface area contributed by atoms with Crippen LogP contribution in [0, 0.1) is 16.7 Å². The Hall–Kier alpha value is -1.57. The predicted octanol–water partition coefficient (Wildman–Crippen LogP) is 2.30. The molecule has 2 atom stereocenters. The third-order valence-corrected chi connectivity index (χ3v) is 2.75.